The second-order valence-corrected chi connectivity index (χ2v) is 7.41. The highest BCUT2D eigenvalue weighted by Gasteiger charge is 2.33. The second kappa shape index (κ2) is 9.65. The Morgan fingerprint density at radius 3 is 2.17 bits per heavy atom. The van der Waals surface area contributed by atoms with Gasteiger partial charge in [0, 0.05) is 23.9 Å². The smallest absolute Gasteiger partial charge is 0.261 e. The summed E-state index contributed by atoms with van der Waals surface area (Å²) in [7, 11) is 6.37. The zero-order valence-electron chi connectivity index (χ0n) is 17.0. The van der Waals surface area contributed by atoms with E-state index >= 15 is 0 Å². The zero-order chi connectivity index (χ0) is 20.8. The lowest BCUT2D eigenvalue weighted by atomic mass is 10.1. The van der Waals surface area contributed by atoms with Crippen LogP contribution in [0.25, 0.3) is 0 Å². The average Bonchev–Trinajstić information content (AvgIpc) is 3.26. The molecule has 1 unspecified atom stereocenters. The van der Waals surface area contributed by atoms with Crippen LogP contribution in [0.4, 0.5) is 0 Å². The van der Waals surface area contributed by atoms with Crippen molar-refractivity contribution in [2.75, 3.05) is 47.3 Å². The summed E-state index contributed by atoms with van der Waals surface area (Å²) < 4.78 is 27.1. The molecule has 1 fully saturated rings. The van der Waals surface area contributed by atoms with Gasteiger partial charge in [0.1, 0.15) is 22.6 Å². The highest BCUT2D eigenvalue weighted by molar-refractivity contribution is 7.99. The maximum Gasteiger partial charge on any atom is 0.261 e. The summed E-state index contributed by atoms with van der Waals surface area (Å²) in [6.45, 7) is 0.594. The molecule has 1 aliphatic rings. The molecule has 1 atom stereocenters. The maximum absolute atomic E-state index is 12.9. The van der Waals surface area contributed by atoms with E-state index in [2.05, 4.69) is 0 Å². The normalized spacial score (nSPS) is 15.7. The first-order valence-corrected chi connectivity index (χ1v) is 10.1. The summed E-state index contributed by atoms with van der Waals surface area (Å²) in [4.78, 5) is 14.7. The number of methoxy groups -OCH3 is 4. The van der Waals surface area contributed by atoms with Gasteiger partial charge in [0.15, 0.2) is 18.1 Å². The molecule has 2 aromatic carbocycles. The largest absolute Gasteiger partial charge is 0.497 e. The summed E-state index contributed by atoms with van der Waals surface area (Å²) >= 11 is 1.68. The number of carbonyl (C=O) groups is 1. The van der Waals surface area contributed by atoms with Crippen LogP contribution in [0.1, 0.15) is 10.9 Å². The van der Waals surface area contributed by atoms with Crippen molar-refractivity contribution in [3.8, 4) is 28.7 Å². The molecule has 0 spiro atoms. The van der Waals surface area contributed by atoms with E-state index in [1.807, 2.05) is 6.07 Å². The number of ether oxygens (including phenoxy) is 5. The van der Waals surface area contributed by atoms with E-state index in [9.17, 15) is 4.79 Å². The highest BCUT2D eigenvalue weighted by atomic mass is 32.2. The van der Waals surface area contributed by atoms with Gasteiger partial charge in [-0.25, -0.2) is 0 Å². The molecule has 2 aromatic rings. The number of rotatable bonds is 8. The van der Waals surface area contributed by atoms with Crippen LogP contribution in [0, 0.1) is 0 Å². The average molecular weight is 419 g/mol. The van der Waals surface area contributed by atoms with E-state index in [0.717, 1.165) is 17.1 Å². The number of carbonyl (C=O) groups excluding carboxylic acids is 1. The van der Waals surface area contributed by atoms with Crippen LogP contribution in [0.2, 0.25) is 0 Å². The molecule has 0 aromatic heterocycles. The quantitative estimate of drug-likeness (QED) is 0.650. The molecule has 1 saturated heterocycles. The third kappa shape index (κ3) is 4.64. The predicted molar refractivity (Wildman–Crippen MR) is 111 cm³/mol. The standard InChI is InChI=1S/C21H25NO6S/c1-24-14-5-7-15(8-6-14)28-13-20(23)22-9-10-29-21(22)16-11-18(26-3)19(27-4)12-17(16)25-2/h5-8,11-12,21H,9-10,13H2,1-4H3. The van der Waals surface area contributed by atoms with Crippen LogP contribution < -0.4 is 23.7 Å². The SMILES string of the molecule is COc1ccc(OCC(=O)N2CCSC2c2cc(OC)c(OC)cc2OC)cc1. The van der Waals surface area contributed by atoms with Crippen LogP contribution >= 0.6 is 11.8 Å². The van der Waals surface area contributed by atoms with Gasteiger partial charge in [-0.2, -0.15) is 0 Å². The van der Waals surface area contributed by atoms with Crippen molar-refractivity contribution in [1.82, 2.24) is 4.90 Å². The summed E-state index contributed by atoms with van der Waals surface area (Å²) in [5.41, 5.74) is 0.866. The van der Waals surface area contributed by atoms with E-state index < -0.39 is 0 Å². The van der Waals surface area contributed by atoms with E-state index in [1.54, 1.807) is 75.4 Å². The van der Waals surface area contributed by atoms with Gasteiger partial charge in [-0.1, -0.05) is 0 Å². The predicted octanol–water partition coefficient (Wildman–Crippen LogP) is 3.37. The lowest BCUT2D eigenvalue weighted by Crippen LogP contribution is -2.34. The van der Waals surface area contributed by atoms with Crippen LogP contribution in [0.15, 0.2) is 36.4 Å². The molecule has 7 nitrogen and oxygen atoms in total. The molecular weight excluding hydrogens is 394 g/mol. The van der Waals surface area contributed by atoms with Crippen molar-refractivity contribution in [3.05, 3.63) is 42.0 Å². The van der Waals surface area contributed by atoms with Crippen LogP contribution in [-0.4, -0.2) is 58.2 Å². The number of nitrogens with zero attached hydrogens (tertiary/aromatic N) is 1. The van der Waals surface area contributed by atoms with Crippen molar-refractivity contribution >= 4 is 17.7 Å². The first-order chi connectivity index (χ1) is 14.1. The minimum absolute atomic E-state index is 0.0427. The Hall–Kier alpha value is -2.74. The van der Waals surface area contributed by atoms with Gasteiger partial charge in [-0.15, -0.1) is 11.8 Å². The Bertz CT molecular complexity index is 842. The fourth-order valence-corrected chi connectivity index (χ4v) is 4.42. The van der Waals surface area contributed by atoms with Gasteiger partial charge in [0.25, 0.3) is 5.91 Å². The first kappa shape index (κ1) is 21.0. The number of hydrogen-bond donors (Lipinski definition) is 0. The van der Waals surface area contributed by atoms with Gasteiger partial charge in [0.05, 0.1) is 28.4 Å². The Labute approximate surface area is 174 Å². The Morgan fingerprint density at radius 1 is 0.931 bits per heavy atom. The molecule has 156 valence electrons. The fraction of sp³-hybridized carbons (Fsp3) is 0.381. The highest BCUT2D eigenvalue weighted by Crippen LogP contribution is 2.46. The lowest BCUT2D eigenvalue weighted by Gasteiger charge is -2.26. The fourth-order valence-electron chi connectivity index (χ4n) is 3.13. The number of benzene rings is 2. The van der Waals surface area contributed by atoms with Crippen LogP contribution in [0.3, 0.4) is 0 Å². The lowest BCUT2D eigenvalue weighted by molar-refractivity contribution is -0.133. The Kier molecular flexibility index (Phi) is 6.98. The topological polar surface area (TPSA) is 66.5 Å². The molecule has 1 amide bonds. The summed E-state index contributed by atoms with van der Waals surface area (Å²) in [6, 6.07) is 10.8. The molecule has 1 heterocycles. The molecular formula is C21H25NO6S. The third-order valence-corrected chi connectivity index (χ3v) is 5.88. The molecule has 1 aliphatic heterocycles. The van der Waals surface area contributed by atoms with Gasteiger partial charge >= 0.3 is 0 Å². The summed E-state index contributed by atoms with van der Waals surface area (Å²) in [5.74, 6) is 3.92. The number of hydrogen-bond acceptors (Lipinski definition) is 7. The molecule has 0 N–H and O–H groups in total. The maximum atomic E-state index is 12.9. The Balaban J connectivity index is 1.75. The number of amides is 1. The van der Waals surface area contributed by atoms with Crippen LogP contribution in [-0.2, 0) is 4.79 Å². The summed E-state index contributed by atoms with van der Waals surface area (Å²) in [6.07, 6.45) is 0. The van der Waals surface area contributed by atoms with Gasteiger partial charge < -0.3 is 28.6 Å². The van der Waals surface area contributed by atoms with Gasteiger partial charge in [-0.05, 0) is 30.3 Å². The molecule has 0 saturated carbocycles. The summed E-state index contributed by atoms with van der Waals surface area (Å²) in [5, 5.41) is -0.184. The van der Waals surface area contributed by atoms with Crippen molar-refractivity contribution < 1.29 is 28.5 Å². The van der Waals surface area contributed by atoms with E-state index in [0.29, 0.717) is 29.5 Å². The molecule has 0 radical (unpaired) electrons. The minimum atomic E-state index is -0.184. The van der Waals surface area contributed by atoms with Crippen molar-refractivity contribution in [3.63, 3.8) is 0 Å². The molecule has 0 aliphatic carbocycles. The monoisotopic (exact) mass is 419 g/mol. The van der Waals surface area contributed by atoms with Gasteiger partial charge in [-0.3, -0.25) is 4.79 Å². The van der Waals surface area contributed by atoms with Crippen molar-refractivity contribution in [2.45, 2.75) is 5.37 Å². The molecule has 29 heavy (non-hydrogen) atoms. The number of thioether (sulfide) groups is 1. The molecule has 3 rings (SSSR count). The van der Waals surface area contributed by atoms with E-state index in [-0.39, 0.29) is 17.9 Å². The van der Waals surface area contributed by atoms with Crippen molar-refractivity contribution in [2.24, 2.45) is 0 Å². The second-order valence-electron chi connectivity index (χ2n) is 6.22. The van der Waals surface area contributed by atoms with Gasteiger partial charge in [0.2, 0.25) is 0 Å². The molecule has 8 heteroatoms. The van der Waals surface area contributed by atoms with Crippen LogP contribution in [0.5, 0.6) is 28.7 Å². The Morgan fingerprint density at radius 2 is 1.55 bits per heavy atom. The van der Waals surface area contributed by atoms with Crippen molar-refractivity contribution in [1.29, 1.82) is 0 Å². The minimum Gasteiger partial charge on any atom is -0.497 e. The van der Waals surface area contributed by atoms with E-state index in [4.69, 9.17) is 23.7 Å². The third-order valence-electron chi connectivity index (χ3n) is 4.64. The van der Waals surface area contributed by atoms with E-state index in [1.165, 1.54) is 0 Å². The molecule has 0 bridgehead atoms. The zero-order valence-corrected chi connectivity index (χ0v) is 17.8. The first-order valence-electron chi connectivity index (χ1n) is 9.09.